The first-order chi connectivity index (χ1) is 7.15. The lowest BCUT2D eigenvalue weighted by Gasteiger charge is -2.41. The van der Waals surface area contributed by atoms with Crippen molar-refractivity contribution in [3.8, 4) is 0 Å². The summed E-state index contributed by atoms with van der Waals surface area (Å²) in [5.74, 6) is 0. The molecule has 0 bridgehead atoms. The van der Waals surface area contributed by atoms with Crippen LogP contribution in [-0.2, 0) is 14.2 Å². The van der Waals surface area contributed by atoms with Gasteiger partial charge in [0.25, 0.3) is 0 Å². The molecule has 0 aliphatic carbocycles. The second-order valence-electron chi connectivity index (χ2n) is 3.36. The Morgan fingerprint density at radius 2 is 1.93 bits per heavy atom. The van der Waals surface area contributed by atoms with Crippen molar-refractivity contribution in [2.45, 2.75) is 37.6 Å². The zero-order chi connectivity index (χ0) is 11.4. The van der Waals surface area contributed by atoms with Crippen LogP contribution in [-0.4, -0.2) is 66.3 Å². The predicted molar refractivity (Wildman–Crippen MR) is 50.2 cm³/mol. The summed E-state index contributed by atoms with van der Waals surface area (Å²) < 4.78 is 15.5. The van der Waals surface area contributed by atoms with E-state index in [9.17, 15) is 10.2 Å². The highest BCUT2D eigenvalue weighted by molar-refractivity contribution is 4.89. The summed E-state index contributed by atoms with van der Waals surface area (Å²) in [6.45, 7) is 1.80. The first kappa shape index (κ1) is 12.8. The van der Waals surface area contributed by atoms with Crippen molar-refractivity contribution in [3.05, 3.63) is 0 Å². The highest BCUT2D eigenvalue weighted by Gasteiger charge is 2.44. The van der Waals surface area contributed by atoms with Gasteiger partial charge in [-0.15, -0.1) is 0 Å². The van der Waals surface area contributed by atoms with Crippen LogP contribution >= 0.6 is 0 Å². The molecule has 0 aromatic rings. The van der Waals surface area contributed by atoms with Gasteiger partial charge >= 0.3 is 0 Å². The molecule has 0 aromatic heterocycles. The minimum Gasteiger partial charge on any atom is -0.394 e. The van der Waals surface area contributed by atoms with Crippen LogP contribution in [0.4, 0.5) is 0 Å². The highest BCUT2D eigenvalue weighted by atomic mass is 16.7. The van der Waals surface area contributed by atoms with Crippen molar-refractivity contribution in [2.75, 3.05) is 20.3 Å². The average molecular weight is 222 g/mol. The molecule has 6 nitrogen and oxygen atoms in total. The topological polar surface area (TPSA) is 88.4 Å². The van der Waals surface area contributed by atoms with E-state index in [-0.39, 0.29) is 6.61 Å². The van der Waals surface area contributed by atoms with E-state index >= 15 is 0 Å². The van der Waals surface area contributed by atoms with Gasteiger partial charge in [-0.2, -0.15) is 0 Å². The molecule has 1 rings (SSSR count). The standard InChI is InChI=1S/C9H18O6/c1-3-14-9-8(13-2)7(12)6(11)5(4-10)15-9/h5-12H,3-4H2,1-2H3/t5-,6+,7+,8-,9+/m1/s1. The largest absolute Gasteiger partial charge is 0.394 e. The normalized spacial score (nSPS) is 41.8. The Morgan fingerprint density at radius 3 is 2.40 bits per heavy atom. The highest BCUT2D eigenvalue weighted by Crippen LogP contribution is 2.23. The van der Waals surface area contributed by atoms with Gasteiger partial charge in [0, 0.05) is 13.7 Å². The molecule has 0 spiro atoms. The van der Waals surface area contributed by atoms with E-state index in [0.717, 1.165) is 0 Å². The second-order valence-corrected chi connectivity index (χ2v) is 3.36. The summed E-state index contributed by atoms with van der Waals surface area (Å²) in [5.41, 5.74) is 0. The van der Waals surface area contributed by atoms with Gasteiger partial charge in [-0.05, 0) is 6.92 Å². The lowest BCUT2D eigenvalue weighted by Crippen LogP contribution is -2.59. The molecule has 1 saturated heterocycles. The molecule has 0 unspecified atom stereocenters. The molecule has 5 atom stereocenters. The van der Waals surface area contributed by atoms with Crippen LogP contribution < -0.4 is 0 Å². The van der Waals surface area contributed by atoms with Crippen LogP contribution in [0.5, 0.6) is 0 Å². The third kappa shape index (κ3) is 2.66. The summed E-state index contributed by atoms with van der Waals surface area (Å²) in [6, 6.07) is 0. The third-order valence-electron chi connectivity index (χ3n) is 2.43. The van der Waals surface area contributed by atoms with Crippen molar-refractivity contribution in [1.82, 2.24) is 0 Å². The molecule has 6 heteroatoms. The Morgan fingerprint density at radius 1 is 1.27 bits per heavy atom. The lowest BCUT2D eigenvalue weighted by molar-refractivity contribution is -0.304. The Labute approximate surface area is 88.4 Å². The van der Waals surface area contributed by atoms with Crippen molar-refractivity contribution in [3.63, 3.8) is 0 Å². The SMILES string of the molecule is CCO[C@H]1O[C@H](CO)[C@H](O)[C@H](O)[C@H]1OC. The van der Waals surface area contributed by atoms with Crippen molar-refractivity contribution in [1.29, 1.82) is 0 Å². The van der Waals surface area contributed by atoms with Gasteiger partial charge in [0.15, 0.2) is 6.29 Å². The Bertz CT molecular complexity index is 187. The van der Waals surface area contributed by atoms with Crippen LogP contribution in [0.1, 0.15) is 6.92 Å². The average Bonchev–Trinajstić information content (AvgIpc) is 2.24. The van der Waals surface area contributed by atoms with E-state index < -0.39 is 30.7 Å². The summed E-state index contributed by atoms with van der Waals surface area (Å²) in [7, 11) is 1.40. The van der Waals surface area contributed by atoms with Gasteiger partial charge in [-0.1, -0.05) is 0 Å². The number of aliphatic hydroxyl groups is 3. The van der Waals surface area contributed by atoms with Gasteiger partial charge in [0.2, 0.25) is 0 Å². The van der Waals surface area contributed by atoms with Gasteiger partial charge in [-0.25, -0.2) is 0 Å². The summed E-state index contributed by atoms with van der Waals surface area (Å²) in [4.78, 5) is 0. The van der Waals surface area contributed by atoms with E-state index in [0.29, 0.717) is 6.61 Å². The molecule has 3 N–H and O–H groups in total. The van der Waals surface area contributed by atoms with Crippen molar-refractivity contribution < 1.29 is 29.5 Å². The summed E-state index contributed by atoms with van der Waals surface area (Å²) in [6.07, 6.45) is -4.66. The molecule has 90 valence electrons. The zero-order valence-electron chi connectivity index (χ0n) is 8.87. The van der Waals surface area contributed by atoms with Gasteiger partial charge in [0.1, 0.15) is 24.4 Å². The molecule has 0 radical (unpaired) electrons. The van der Waals surface area contributed by atoms with Crippen LogP contribution in [0, 0.1) is 0 Å². The maximum Gasteiger partial charge on any atom is 0.186 e. The number of ether oxygens (including phenoxy) is 3. The van der Waals surface area contributed by atoms with Gasteiger partial charge in [-0.3, -0.25) is 0 Å². The number of hydrogen-bond donors (Lipinski definition) is 3. The first-order valence-corrected chi connectivity index (χ1v) is 4.92. The molecular formula is C9H18O6. The predicted octanol–water partition coefficient (Wildman–Crippen LogP) is -1.52. The second kappa shape index (κ2) is 5.74. The molecule has 0 saturated carbocycles. The fourth-order valence-corrected chi connectivity index (χ4v) is 1.61. The summed E-state index contributed by atoms with van der Waals surface area (Å²) in [5, 5.41) is 28.2. The molecule has 0 aromatic carbocycles. The van der Waals surface area contributed by atoms with E-state index in [1.54, 1.807) is 6.92 Å². The van der Waals surface area contributed by atoms with Crippen LogP contribution in [0.2, 0.25) is 0 Å². The molecule has 1 fully saturated rings. The first-order valence-electron chi connectivity index (χ1n) is 4.92. The maximum atomic E-state index is 9.69. The molecule has 15 heavy (non-hydrogen) atoms. The summed E-state index contributed by atoms with van der Waals surface area (Å²) >= 11 is 0. The van der Waals surface area contributed by atoms with E-state index in [4.69, 9.17) is 19.3 Å². The van der Waals surface area contributed by atoms with E-state index in [1.165, 1.54) is 7.11 Å². The quantitative estimate of drug-likeness (QED) is 0.535. The van der Waals surface area contributed by atoms with Crippen molar-refractivity contribution >= 4 is 0 Å². The maximum absolute atomic E-state index is 9.69. The van der Waals surface area contributed by atoms with Gasteiger partial charge < -0.3 is 29.5 Å². The fourth-order valence-electron chi connectivity index (χ4n) is 1.61. The Hall–Kier alpha value is -0.240. The fraction of sp³-hybridized carbons (Fsp3) is 1.00. The zero-order valence-corrected chi connectivity index (χ0v) is 8.87. The smallest absolute Gasteiger partial charge is 0.186 e. The number of aliphatic hydroxyl groups excluding tert-OH is 3. The Balaban J connectivity index is 2.70. The number of rotatable bonds is 4. The van der Waals surface area contributed by atoms with Crippen molar-refractivity contribution in [2.24, 2.45) is 0 Å². The van der Waals surface area contributed by atoms with Crippen LogP contribution in [0.25, 0.3) is 0 Å². The van der Waals surface area contributed by atoms with Gasteiger partial charge in [0.05, 0.1) is 6.61 Å². The molecule has 1 aliphatic heterocycles. The molecular weight excluding hydrogens is 204 g/mol. The van der Waals surface area contributed by atoms with E-state index in [1.807, 2.05) is 0 Å². The van der Waals surface area contributed by atoms with Crippen LogP contribution in [0.15, 0.2) is 0 Å². The minimum atomic E-state index is -1.17. The number of hydrogen-bond acceptors (Lipinski definition) is 6. The van der Waals surface area contributed by atoms with E-state index in [2.05, 4.69) is 0 Å². The van der Waals surface area contributed by atoms with Crippen LogP contribution in [0.3, 0.4) is 0 Å². The molecule has 0 amide bonds. The number of methoxy groups -OCH3 is 1. The molecule has 1 aliphatic rings. The lowest BCUT2D eigenvalue weighted by atomic mass is 9.99. The Kier molecular flexibility index (Phi) is 4.91. The molecule has 1 heterocycles. The third-order valence-corrected chi connectivity index (χ3v) is 2.43. The monoisotopic (exact) mass is 222 g/mol. The minimum absolute atomic E-state index is 0.377.